The number of carbonyl (C=O) groups excluding carboxylic acids is 2. The summed E-state index contributed by atoms with van der Waals surface area (Å²) in [7, 11) is 2.68. The van der Waals surface area contributed by atoms with Gasteiger partial charge in [-0.1, -0.05) is 21.6 Å². The third-order valence-corrected chi connectivity index (χ3v) is 10.4. The van der Waals surface area contributed by atoms with Gasteiger partial charge in [0.25, 0.3) is 11.5 Å². The minimum atomic E-state index is -1.28. The summed E-state index contributed by atoms with van der Waals surface area (Å²) in [5.41, 5.74) is 6.52. The van der Waals surface area contributed by atoms with Crippen molar-refractivity contribution in [1.29, 1.82) is 0 Å². The van der Waals surface area contributed by atoms with Crippen molar-refractivity contribution >= 4 is 73.7 Å². The lowest BCUT2D eigenvalue weighted by molar-refractivity contribution is -0.144. The lowest BCUT2D eigenvalue weighted by atomic mass is 10.1. The van der Waals surface area contributed by atoms with Crippen LogP contribution in [-0.2, 0) is 32.0 Å². The van der Waals surface area contributed by atoms with E-state index in [1.165, 1.54) is 32.9 Å². The number of aryl methyl sites for hydroxylation is 2. The average Bonchev–Trinajstić information content (AvgIpc) is 3.66. The molecule has 0 spiro atoms. The van der Waals surface area contributed by atoms with Crippen molar-refractivity contribution in [2.24, 2.45) is 0 Å². The number of nitrogen functional groups attached to an aromatic ring is 1. The number of nitrogens with one attached hydrogen (secondary N) is 4. The van der Waals surface area contributed by atoms with Crippen LogP contribution >= 0.6 is 32.9 Å². The quantitative estimate of drug-likeness (QED) is 0.0423. The fourth-order valence-corrected chi connectivity index (χ4v) is 7.46. The summed E-state index contributed by atoms with van der Waals surface area (Å²) in [4.78, 5) is 71.1. The number of fused-ring (bicyclic) bond motifs is 1. The Bertz CT molecular complexity index is 1560. The Hall–Kier alpha value is -3.58. The molecule has 0 aliphatic heterocycles. The maximum atomic E-state index is 12.7. The number of aliphatic hydroxyl groups is 1. The molecule has 18 heteroatoms. The van der Waals surface area contributed by atoms with Crippen molar-refractivity contribution in [3.05, 3.63) is 44.0 Å². The summed E-state index contributed by atoms with van der Waals surface area (Å²) in [6.07, 6.45) is 2.91. The lowest BCUT2D eigenvalue weighted by Crippen LogP contribution is -2.43. The number of aliphatic hydroxyl groups excluding tert-OH is 1. The van der Waals surface area contributed by atoms with Gasteiger partial charge in [0.15, 0.2) is 0 Å². The highest BCUT2D eigenvalue weighted by atomic mass is 33.1. The molecule has 3 rings (SSSR count). The number of aromatic nitrogens is 3. The highest BCUT2D eigenvalue weighted by Gasteiger charge is 2.23. The monoisotopic (exact) mass is 712 g/mol. The van der Waals surface area contributed by atoms with Gasteiger partial charge in [0.05, 0.1) is 10.3 Å². The number of rotatable bonds is 22. The molecule has 2 unspecified atom stereocenters. The van der Waals surface area contributed by atoms with Gasteiger partial charge < -0.3 is 41.4 Å². The number of nitrogens with two attached hydrogens (primary N) is 1. The Kier molecular flexibility index (Phi) is 15.5. The van der Waals surface area contributed by atoms with E-state index in [1.54, 1.807) is 18.2 Å². The molecule has 0 fully saturated rings. The van der Waals surface area contributed by atoms with Crippen molar-refractivity contribution < 1.29 is 39.2 Å². The Morgan fingerprint density at radius 2 is 1.83 bits per heavy atom. The fourth-order valence-electron chi connectivity index (χ4n) is 4.51. The molecule has 258 valence electrons. The number of H-pyrrole nitrogens is 2. The van der Waals surface area contributed by atoms with Crippen LogP contribution in [0.4, 0.5) is 5.95 Å². The van der Waals surface area contributed by atoms with E-state index in [0.29, 0.717) is 53.1 Å². The van der Waals surface area contributed by atoms with Crippen LogP contribution in [0.25, 0.3) is 11.0 Å². The summed E-state index contributed by atoms with van der Waals surface area (Å²) < 4.78 is 5.17. The van der Waals surface area contributed by atoms with Crippen molar-refractivity contribution in [3.63, 3.8) is 0 Å². The number of aromatic amines is 2. The summed E-state index contributed by atoms with van der Waals surface area (Å²) in [6.45, 7) is 1.98. The van der Waals surface area contributed by atoms with Gasteiger partial charge in [0.2, 0.25) is 5.95 Å². The van der Waals surface area contributed by atoms with Gasteiger partial charge in [-0.05, 0) is 63.6 Å². The van der Waals surface area contributed by atoms with E-state index in [0.717, 1.165) is 17.0 Å². The molecule has 3 atom stereocenters. The molecule has 3 aromatic rings. The van der Waals surface area contributed by atoms with Gasteiger partial charge >= 0.3 is 17.9 Å². The molecule has 47 heavy (non-hydrogen) atoms. The number of hydrogen-bond acceptors (Lipinski definition) is 13. The number of nitrogens with zero attached hydrogens (tertiary/aromatic N) is 1. The SMILES string of the molecule is C[C@@H](CCCO)NC(CSSCCOC(=O)CCC(NC(=O)c1ccc(CCCc2cc3c(=O)[nH]c(N)nc3[nH]2)s1)C(=O)O)C(=O)O. The Labute approximate surface area is 282 Å². The van der Waals surface area contributed by atoms with Crippen LogP contribution in [0.5, 0.6) is 0 Å². The van der Waals surface area contributed by atoms with Crippen LogP contribution in [-0.4, -0.2) is 96.9 Å². The van der Waals surface area contributed by atoms with Gasteiger partial charge in [-0.25, -0.2) is 4.79 Å². The van der Waals surface area contributed by atoms with Crippen LogP contribution in [0.3, 0.4) is 0 Å². The molecule has 0 aliphatic carbocycles. The van der Waals surface area contributed by atoms with E-state index in [1.807, 2.05) is 6.92 Å². The molecule has 0 saturated heterocycles. The second-order valence-corrected chi connectivity index (χ2v) is 14.5. The molecule has 0 aromatic carbocycles. The van der Waals surface area contributed by atoms with Crippen LogP contribution in [0.15, 0.2) is 23.0 Å². The normalized spacial score (nSPS) is 13.2. The van der Waals surface area contributed by atoms with Gasteiger partial charge in [-0.3, -0.25) is 24.2 Å². The third-order valence-electron chi connectivity index (χ3n) is 6.89. The standard InChI is InChI=1S/C29H40N6O9S3/c1-16(4-3-11-36)31-21(28(42)43)15-46-45-13-12-44-23(37)10-8-20(27(40)41)33-26(39)22-9-7-18(47-22)6-2-5-17-14-19-24(32-17)34-29(30)35-25(19)38/h7,9,14,16,20-21,31,36H,2-6,8,10-13,15H2,1H3,(H,33,39)(H,40,41)(H,42,43)(H4,30,32,34,35,38)/t16-,20?,21?/m0/s1. The van der Waals surface area contributed by atoms with Crippen molar-refractivity contribution in [2.75, 3.05) is 30.5 Å². The van der Waals surface area contributed by atoms with E-state index >= 15 is 0 Å². The first-order valence-electron chi connectivity index (χ1n) is 15.0. The van der Waals surface area contributed by atoms with E-state index < -0.39 is 35.9 Å². The highest BCUT2D eigenvalue weighted by molar-refractivity contribution is 8.76. The zero-order valence-corrected chi connectivity index (χ0v) is 28.2. The predicted molar refractivity (Wildman–Crippen MR) is 182 cm³/mol. The lowest BCUT2D eigenvalue weighted by Gasteiger charge is -2.19. The number of anilines is 1. The predicted octanol–water partition coefficient (Wildman–Crippen LogP) is 2.16. The van der Waals surface area contributed by atoms with Crippen molar-refractivity contribution in [3.8, 4) is 0 Å². The molecule has 0 bridgehead atoms. The molecule has 15 nitrogen and oxygen atoms in total. The van der Waals surface area contributed by atoms with Crippen LogP contribution in [0, 0.1) is 0 Å². The number of carboxylic acids is 2. The van der Waals surface area contributed by atoms with Gasteiger partial charge in [-0.15, -0.1) is 11.3 Å². The summed E-state index contributed by atoms with van der Waals surface area (Å²) in [6, 6.07) is 3.07. The first-order chi connectivity index (χ1) is 22.5. The topological polar surface area (TPSA) is 250 Å². The minimum Gasteiger partial charge on any atom is -0.480 e. The zero-order valence-electron chi connectivity index (χ0n) is 25.8. The van der Waals surface area contributed by atoms with Crippen LogP contribution in [0.1, 0.15) is 59.3 Å². The maximum Gasteiger partial charge on any atom is 0.326 e. The first-order valence-corrected chi connectivity index (χ1v) is 18.3. The third kappa shape index (κ3) is 12.9. The second-order valence-electron chi connectivity index (χ2n) is 10.7. The molecule has 1 amide bonds. The minimum absolute atomic E-state index is 0.0338. The molecule has 3 aromatic heterocycles. The number of amides is 1. The Morgan fingerprint density at radius 3 is 2.55 bits per heavy atom. The Balaban J connectivity index is 1.34. The number of aliphatic carboxylic acids is 2. The summed E-state index contributed by atoms with van der Waals surface area (Å²) in [5, 5.41) is 33.8. The number of carbonyl (C=O) groups is 4. The van der Waals surface area contributed by atoms with E-state index in [9.17, 15) is 34.2 Å². The number of esters is 1. The highest BCUT2D eigenvalue weighted by Crippen LogP contribution is 2.23. The Morgan fingerprint density at radius 1 is 1.06 bits per heavy atom. The molecule has 0 aliphatic rings. The van der Waals surface area contributed by atoms with Gasteiger partial charge in [0.1, 0.15) is 24.3 Å². The molecular formula is C29H40N6O9S3. The molecule has 3 heterocycles. The summed E-state index contributed by atoms with van der Waals surface area (Å²) >= 11 is 1.25. The van der Waals surface area contributed by atoms with Crippen molar-refractivity contribution in [2.45, 2.75) is 70.0 Å². The first kappa shape index (κ1) is 37.9. The van der Waals surface area contributed by atoms with E-state index in [2.05, 4.69) is 25.6 Å². The van der Waals surface area contributed by atoms with E-state index in [-0.39, 0.29) is 43.6 Å². The molecule has 9 N–H and O–H groups in total. The van der Waals surface area contributed by atoms with Gasteiger partial charge in [-0.2, -0.15) is 4.98 Å². The number of hydrogen-bond donors (Lipinski definition) is 8. The molecule has 0 radical (unpaired) electrons. The zero-order chi connectivity index (χ0) is 34.3. The van der Waals surface area contributed by atoms with Gasteiger partial charge in [0, 0.05) is 41.1 Å². The summed E-state index contributed by atoms with van der Waals surface area (Å²) in [5.74, 6) is -2.64. The molecule has 0 saturated carbocycles. The molecular weight excluding hydrogens is 673 g/mol. The fraction of sp³-hybridized carbons (Fsp3) is 0.517. The van der Waals surface area contributed by atoms with Crippen molar-refractivity contribution in [1.82, 2.24) is 25.6 Å². The van der Waals surface area contributed by atoms with E-state index in [4.69, 9.17) is 15.6 Å². The average molecular weight is 713 g/mol. The van der Waals surface area contributed by atoms with Crippen LogP contribution < -0.4 is 21.9 Å². The van der Waals surface area contributed by atoms with Crippen LogP contribution in [0.2, 0.25) is 0 Å². The largest absolute Gasteiger partial charge is 0.480 e. The second kappa shape index (κ2) is 19.3. The number of ether oxygens (including phenoxy) is 1. The smallest absolute Gasteiger partial charge is 0.326 e. The number of thiophene rings is 1. The maximum absolute atomic E-state index is 12.7. The number of carboxylic acid groups (broad SMARTS) is 2.